The Balaban J connectivity index is 2.33. The van der Waals surface area contributed by atoms with Crippen molar-refractivity contribution < 1.29 is 9.53 Å². The van der Waals surface area contributed by atoms with Gasteiger partial charge in [-0.1, -0.05) is 13.8 Å². The van der Waals surface area contributed by atoms with Gasteiger partial charge in [0.1, 0.15) is 0 Å². The second-order valence-electron chi connectivity index (χ2n) is 5.56. The van der Waals surface area contributed by atoms with Gasteiger partial charge in [0, 0.05) is 6.04 Å². The minimum Gasteiger partial charge on any atom is -0.466 e. The molecule has 0 aliphatic carbocycles. The van der Waals surface area contributed by atoms with Gasteiger partial charge in [0.25, 0.3) is 0 Å². The van der Waals surface area contributed by atoms with E-state index in [1.807, 2.05) is 6.92 Å². The second kappa shape index (κ2) is 5.67. The standard InChI is InChI=1S/C13H25NO2/c1-5-16-12(15)10-11(2)14-8-6-13(3,4)7-9-14/h11H,5-10H2,1-4H3. The predicted molar refractivity (Wildman–Crippen MR) is 65.3 cm³/mol. The van der Waals surface area contributed by atoms with Gasteiger partial charge in [0.15, 0.2) is 0 Å². The van der Waals surface area contributed by atoms with E-state index in [1.165, 1.54) is 12.8 Å². The van der Waals surface area contributed by atoms with Gasteiger partial charge < -0.3 is 9.64 Å². The summed E-state index contributed by atoms with van der Waals surface area (Å²) in [6, 6.07) is 0.315. The topological polar surface area (TPSA) is 29.5 Å². The summed E-state index contributed by atoms with van der Waals surface area (Å²) in [7, 11) is 0. The molecule has 1 aliphatic rings. The van der Waals surface area contributed by atoms with Crippen molar-refractivity contribution in [1.29, 1.82) is 0 Å². The Morgan fingerprint density at radius 1 is 1.38 bits per heavy atom. The van der Waals surface area contributed by atoms with Crippen LogP contribution < -0.4 is 0 Å². The zero-order chi connectivity index (χ0) is 12.2. The lowest BCUT2D eigenvalue weighted by molar-refractivity contribution is -0.144. The Labute approximate surface area is 99.1 Å². The summed E-state index contributed by atoms with van der Waals surface area (Å²) in [5, 5.41) is 0. The van der Waals surface area contributed by atoms with Crippen LogP contribution in [0, 0.1) is 5.41 Å². The minimum absolute atomic E-state index is 0.0696. The fourth-order valence-electron chi connectivity index (χ4n) is 2.16. The first-order valence-electron chi connectivity index (χ1n) is 6.34. The van der Waals surface area contributed by atoms with Gasteiger partial charge in [0.2, 0.25) is 0 Å². The highest BCUT2D eigenvalue weighted by Gasteiger charge is 2.28. The van der Waals surface area contributed by atoms with Crippen LogP contribution in [0.25, 0.3) is 0 Å². The first-order valence-corrected chi connectivity index (χ1v) is 6.34. The summed E-state index contributed by atoms with van der Waals surface area (Å²) in [5.41, 5.74) is 0.472. The highest BCUT2D eigenvalue weighted by atomic mass is 16.5. The molecule has 1 unspecified atom stereocenters. The maximum Gasteiger partial charge on any atom is 0.307 e. The fourth-order valence-corrected chi connectivity index (χ4v) is 2.16. The Hall–Kier alpha value is -0.570. The summed E-state index contributed by atoms with van der Waals surface area (Å²) < 4.78 is 4.98. The van der Waals surface area contributed by atoms with Crippen molar-refractivity contribution in [3.8, 4) is 0 Å². The summed E-state index contributed by atoms with van der Waals surface area (Å²) in [6.07, 6.45) is 2.97. The predicted octanol–water partition coefficient (Wildman–Crippen LogP) is 2.45. The van der Waals surface area contributed by atoms with Crippen molar-refractivity contribution in [2.45, 2.75) is 53.0 Å². The number of likely N-dealkylation sites (tertiary alicyclic amines) is 1. The number of piperidine rings is 1. The SMILES string of the molecule is CCOC(=O)CC(C)N1CCC(C)(C)CC1. The maximum atomic E-state index is 11.4. The van der Waals surface area contributed by atoms with E-state index >= 15 is 0 Å². The monoisotopic (exact) mass is 227 g/mol. The zero-order valence-corrected chi connectivity index (χ0v) is 11.1. The maximum absolute atomic E-state index is 11.4. The third kappa shape index (κ3) is 4.12. The van der Waals surface area contributed by atoms with E-state index in [2.05, 4.69) is 25.7 Å². The van der Waals surface area contributed by atoms with Gasteiger partial charge >= 0.3 is 5.97 Å². The van der Waals surface area contributed by atoms with E-state index in [1.54, 1.807) is 0 Å². The van der Waals surface area contributed by atoms with Crippen LogP contribution in [0.15, 0.2) is 0 Å². The molecule has 0 N–H and O–H groups in total. The number of rotatable bonds is 4. The molecule has 3 nitrogen and oxygen atoms in total. The molecule has 0 bridgehead atoms. The van der Waals surface area contributed by atoms with Crippen LogP contribution in [0.2, 0.25) is 0 Å². The second-order valence-corrected chi connectivity index (χ2v) is 5.56. The van der Waals surface area contributed by atoms with Crippen LogP contribution >= 0.6 is 0 Å². The Morgan fingerprint density at radius 2 is 1.94 bits per heavy atom. The van der Waals surface area contributed by atoms with E-state index in [-0.39, 0.29) is 5.97 Å². The highest BCUT2D eigenvalue weighted by Crippen LogP contribution is 2.30. The van der Waals surface area contributed by atoms with Crippen LogP contribution in [-0.4, -0.2) is 36.6 Å². The van der Waals surface area contributed by atoms with E-state index in [0.717, 1.165) is 13.1 Å². The molecule has 0 spiro atoms. The molecule has 16 heavy (non-hydrogen) atoms. The normalized spacial score (nSPS) is 22.8. The number of esters is 1. The number of hydrogen-bond donors (Lipinski definition) is 0. The van der Waals surface area contributed by atoms with Gasteiger partial charge in [-0.05, 0) is 45.2 Å². The third-order valence-corrected chi connectivity index (χ3v) is 3.54. The molecule has 0 aromatic heterocycles. The molecule has 0 aromatic rings. The Morgan fingerprint density at radius 3 is 2.44 bits per heavy atom. The van der Waals surface area contributed by atoms with Crippen molar-refractivity contribution in [2.24, 2.45) is 5.41 Å². The molecular formula is C13H25NO2. The molecule has 3 heteroatoms. The molecular weight excluding hydrogens is 202 g/mol. The average Bonchev–Trinajstić information content (AvgIpc) is 2.17. The Kier molecular flexibility index (Phi) is 4.78. The number of hydrogen-bond acceptors (Lipinski definition) is 3. The zero-order valence-electron chi connectivity index (χ0n) is 11.1. The quantitative estimate of drug-likeness (QED) is 0.691. The van der Waals surface area contributed by atoms with Gasteiger partial charge in [-0.3, -0.25) is 4.79 Å². The summed E-state index contributed by atoms with van der Waals surface area (Å²) in [4.78, 5) is 13.8. The van der Waals surface area contributed by atoms with Crippen molar-refractivity contribution >= 4 is 5.97 Å². The molecule has 1 fully saturated rings. The van der Waals surface area contributed by atoms with Crippen molar-refractivity contribution in [3.63, 3.8) is 0 Å². The largest absolute Gasteiger partial charge is 0.466 e. The van der Waals surface area contributed by atoms with Crippen LogP contribution in [0.5, 0.6) is 0 Å². The van der Waals surface area contributed by atoms with Gasteiger partial charge in [-0.25, -0.2) is 0 Å². The minimum atomic E-state index is -0.0696. The molecule has 1 aliphatic heterocycles. The lowest BCUT2D eigenvalue weighted by atomic mass is 9.82. The van der Waals surface area contributed by atoms with Crippen LogP contribution in [0.4, 0.5) is 0 Å². The molecule has 0 aromatic carbocycles. The molecule has 0 radical (unpaired) electrons. The fraction of sp³-hybridized carbons (Fsp3) is 0.923. The molecule has 0 amide bonds. The third-order valence-electron chi connectivity index (χ3n) is 3.54. The van der Waals surface area contributed by atoms with Gasteiger partial charge in [-0.15, -0.1) is 0 Å². The van der Waals surface area contributed by atoms with E-state index in [4.69, 9.17) is 4.74 Å². The number of ether oxygens (including phenoxy) is 1. The van der Waals surface area contributed by atoms with Crippen molar-refractivity contribution in [3.05, 3.63) is 0 Å². The summed E-state index contributed by atoms with van der Waals surface area (Å²) in [5.74, 6) is -0.0696. The molecule has 1 heterocycles. The average molecular weight is 227 g/mol. The number of carbonyl (C=O) groups excluding carboxylic acids is 1. The van der Waals surface area contributed by atoms with Crippen LogP contribution in [-0.2, 0) is 9.53 Å². The molecule has 1 saturated heterocycles. The smallest absolute Gasteiger partial charge is 0.307 e. The van der Waals surface area contributed by atoms with E-state index in [0.29, 0.717) is 24.5 Å². The number of carbonyl (C=O) groups is 1. The first kappa shape index (κ1) is 13.5. The van der Waals surface area contributed by atoms with Gasteiger partial charge in [0.05, 0.1) is 13.0 Å². The van der Waals surface area contributed by atoms with Crippen molar-refractivity contribution in [1.82, 2.24) is 4.90 Å². The van der Waals surface area contributed by atoms with Gasteiger partial charge in [-0.2, -0.15) is 0 Å². The lowest BCUT2D eigenvalue weighted by Gasteiger charge is -2.39. The van der Waals surface area contributed by atoms with E-state index in [9.17, 15) is 4.79 Å². The Bertz CT molecular complexity index is 228. The number of nitrogens with zero attached hydrogens (tertiary/aromatic N) is 1. The van der Waals surface area contributed by atoms with Crippen LogP contribution in [0.1, 0.15) is 47.0 Å². The summed E-state index contributed by atoms with van der Waals surface area (Å²) >= 11 is 0. The first-order chi connectivity index (χ1) is 7.44. The van der Waals surface area contributed by atoms with E-state index < -0.39 is 0 Å². The van der Waals surface area contributed by atoms with Crippen LogP contribution in [0.3, 0.4) is 0 Å². The molecule has 1 rings (SSSR count). The molecule has 0 saturated carbocycles. The lowest BCUT2D eigenvalue weighted by Crippen LogP contribution is -2.43. The molecule has 94 valence electrons. The highest BCUT2D eigenvalue weighted by molar-refractivity contribution is 5.70. The summed E-state index contributed by atoms with van der Waals surface area (Å²) in [6.45, 7) is 11.3. The van der Waals surface area contributed by atoms with Crippen molar-refractivity contribution in [2.75, 3.05) is 19.7 Å². The molecule has 1 atom stereocenters.